The fourth-order valence-electron chi connectivity index (χ4n) is 3.30. The van der Waals surface area contributed by atoms with E-state index < -0.39 is 15.3 Å². The number of para-hydroxylation sites is 1. The predicted octanol–water partition coefficient (Wildman–Crippen LogP) is 2.33. The van der Waals surface area contributed by atoms with Gasteiger partial charge in [-0.2, -0.15) is 0 Å². The van der Waals surface area contributed by atoms with Crippen LogP contribution in [0, 0.1) is 0 Å². The lowest BCUT2D eigenvalue weighted by molar-refractivity contribution is -0.00000624. The smallest absolute Gasteiger partial charge is 0.162 e. The van der Waals surface area contributed by atoms with Crippen LogP contribution in [0.3, 0.4) is 0 Å². The molecule has 0 spiro atoms. The van der Waals surface area contributed by atoms with Gasteiger partial charge in [0.25, 0.3) is 0 Å². The molecule has 0 heterocycles. The minimum Gasteiger partial charge on any atom is -1.00 e. The van der Waals surface area contributed by atoms with Crippen molar-refractivity contribution < 1.29 is 17.1 Å². The van der Waals surface area contributed by atoms with Crippen LogP contribution in [-0.2, 0) is 0 Å². The summed E-state index contributed by atoms with van der Waals surface area (Å²) in [6.07, 6.45) is 0. The summed E-state index contributed by atoms with van der Waals surface area (Å²) in [4.78, 5) is 0. The van der Waals surface area contributed by atoms with Crippen LogP contribution in [0.4, 0.5) is 0 Å². The summed E-state index contributed by atoms with van der Waals surface area (Å²) in [5.41, 5.74) is 0. The van der Waals surface area contributed by atoms with Gasteiger partial charge in [-0.15, -0.1) is 0 Å². The third kappa shape index (κ3) is 5.26. The van der Waals surface area contributed by atoms with Crippen LogP contribution in [-0.4, -0.2) is 21.3 Å². The van der Waals surface area contributed by atoms with Crippen molar-refractivity contribution in [1.82, 2.24) is 0 Å². The van der Waals surface area contributed by atoms with Gasteiger partial charge in [-0.05, 0) is 42.4 Å². The number of halogens is 1. The molecular weight excluding hydrogens is 399 g/mol. The van der Waals surface area contributed by atoms with Crippen molar-refractivity contribution in [3.63, 3.8) is 0 Å². The molecule has 1 nitrogen and oxygen atoms in total. The monoisotopic (exact) mass is 428 g/mol. The van der Waals surface area contributed by atoms with E-state index in [0.717, 1.165) is 12.4 Å². The summed E-state index contributed by atoms with van der Waals surface area (Å²) < 4.78 is 6.36. The van der Waals surface area contributed by atoms with E-state index in [1.165, 1.54) is 22.0 Å². The lowest BCUT2D eigenvalue weighted by Gasteiger charge is -2.25. The molecule has 0 saturated heterocycles. The average molecular weight is 429 g/mol. The van der Waals surface area contributed by atoms with Crippen molar-refractivity contribution in [2.24, 2.45) is 0 Å². The molecule has 0 aliphatic heterocycles. The van der Waals surface area contributed by atoms with E-state index in [1.54, 1.807) is 0 Å². The van der Waals surface area contributed by atoms with Crippen molar-refractivity contribution in [1.29, 1.82) is 0 Å². The SMILES string of the molecule is C[Si](C)(C)CCOc1ccccc1[P+](C)(c1ccccc1)c1ccccc1.[Cl-]. The van der Waals surface area contributed by atoms with E-state index in [9.17, 15) is 0 Å². The zero-order valence-electron chi connectivity index (χ0n) is 17.2. The molecule has 3 rings (SSSR count). The van der Waals surface area contributed by atoms with Crippen LogP contribution < -0.4 is 33.1 Å². The fourth-order valence-corrected chi connectivity index (χ4v) is 7.37. The molecule has 0 bridgehead atoms. The highest BCUT2D eigenvalue weighted by Gasteiger charge is 2.42. The van der Waals surface area contributed by atoms with E-state index in [-0.39, 0.29) is 12.4 Å². The van der Waals surface area contributed by atoms with E-state index in [0.29, 0.717) is 0 Å². The molecule has 0 saturated carbocycles. The van der Waals surface area contributed by atoms with Crippen LogP contribution in [0.2, 0.25) is 25.7 Å². The molecule has 0 radical (unpaired) electrons. The van der Waals surface area contributed by atoms with Gasteiger partial charge >= 0.3 is 0 Å². The van der Waals surface area contributed by atoms with Crippen molar-refractivity contribution >= 4 is 31.2 Å². The normalized spacial score (nSPS) is 11.6. The summed E-state index contributed by atoms with van der Waals surface area (Å²) in [5.74, 6) is 1.04. The van der Waals surface area contributed by atoms with Gasteiger partial charge in [0.1, 0.15) is 23.2 Å². The first kappa shape index (κ1) is 22.7. The standard InChI is InChI=1S/C24H30OPSi.ClH/c1-26(21-13-7-5-8-14-21,22-15-9-6-10-16-22)24-18-12-11-17-23(24)25-19-20-27(2,3)4;/h5-18H,19-20H2,1-4H3;1H/q+1;/p-1. The van der Waals surface area contributed by atoms with Crippen molar-refractivity contribution in [2.75, 3.05) is 13.3 Å². The molecule has 0 unspecified atom stereocenters. The number of ether oxygens (including phenoxy) is 1. The van der Waals surface area contributed by atoms with Gasteiger partial charge in [0.05, 0.1) is 13.3 Å². The maximum Gasteiger partial charge on any atom is 0.162 e. The van der Waals surface area contributed by atoms with Crippen molar-refractivity contribution in [3.05, 3.63) is 84.9 Å². The first-order valence-electron chi connectivity index (χ1n) is 9.61. The summed E-state index contributed by atoms with van der Waals surface area (Å²) >= 11 is 0. The molecule has 0 atom stereocenters. The topological polar surface area (TPSA) is 9.23 Å². The van der Waals surface area contributed by atoms with E-state index in [1.807, 2.05) is 0 Å². The first-order valence-corrected chi connectivity index (χ1v) is 15.6. The van der Waals surface area contributed by atoms with Crippen LogP contribution in [0.15, 0.2) is 84.9 Å². The van der Waals surface area contributed by atoms with E-state index in [4.69, 9.17) is 4.74 Å². The molecular formula is C24H30ClOPSi. The van der Waals surface area contributed by atoms with Crippen LogP contribution in [0.1, 0.15) is 0 Å². The highest BCUT2D eigenvalue weighted by molar-refractivity contribution is 7.95. The molecule has 0 aliphatic rings. The minimum atomic E-state index is -1.76. The van der Waals surface area contributed by atoms with E-state index >= 15 is 0 Å². The quantitative estimate of drug-likeness (QED) is 0.414. The summed E-state index contributed by atoms with van der Waals surface area (Å²) in [6, 6.07) is 31.6. The van der Waals surface area contributed by atoms with Crippen LogP contribution in [0.25, 0.3) is 0 Å². The Balaban J connectivity index is 0.00000280. The fraction of sp³-hybridized carbons (Fsp3) is 0.250. The summed E-state index contributed by atoms with van der Waals surface area (Å²) in [5, 5.41) is 4.10. The molecule has 0 aromatic heterocycles. The molecule has 3 aromatic rings. The number of rotatable bonds is 7. The Morgan fingerprint density at radius 2 is 1.18 bits per heavy atom. The van der Waals surface area contributed by atoms with Crippen molar-refractivity contribution in [3.8, 4) is 5.75 Å². The highest BCUT2D eigenvalue weighted by Crippen LogP contribution is 2.53. The maximum atomic E-state index is 6.36. The number of hydrogen-bond donors (Lipinski definition) is 0. The Morgan fingerprint density at radius 3 is 1.68 bits per heavy atom. The molecule has 0 fully saturated rings. The van der Waals surface area contributed by atoms with Crippen molar-refractivity contribution in [2.45, 2.75) is 25.7 Å². The Bertz CT molecular complexity index is 823. The Kier molecular flexibility index (Phi) is 7.89. The number of hydrogen-bond acceptors (Lipinski definition) is 1. The Hall–Kier alpha value is -1.60. The third-order valence-corrected chi connectivity index (χ3v) is 10.7. The average Bonchev–Trinajstić information content (AvgIpc) is 2.68. The second-order valence-electron chi connectivity index (χ2n) is 8.30. The highest BCUT2D eigenvalue weighted by atomic mass is 35.5. The zero-order valence-corrected chi connectivity index (χ0v) is 19.9. The largest absolute Gasteiger partial charge is 1.00 e. The van der Waals surface area contributed by atoms with Gasteiger partial charge in [0.15, 0.2) is 5.75 Å². The van der Waals surface area contributed by atoms with Gasteiger partial charge < -0.3 is 17.1 Å². The summed E-state index contributed by atoms with van der Waals surface area (Å²) in [6.45, 7) is 10.4. The molecule has 3 aromatic carbocycles. The van der Waals surface area contributed by atoms with Gasteiger partial charge in [-0.1, -0.05) is 68.2 Å². The second-order valence-corrected chi connectivity index (χ2v) is 17.5. The van der Waals surface area contributed by atoms with Gasteiger partial charge in [-0.25, -0.2) is 0 Å². The second kappa shape index (κ2) is 9.74. The Morgan fingerprint density at radius 1 is 0.714 bits per heavy atom. The first-order chi connectivity index (χ1) is 12.9. The maximum absolute atomic E-state index is 6.36. The third-order valence-electron chi connectivity index (χ3n) is 5.00. The Labute approximate surface area is 177 Å². The molecule has 0 N–H and O–H groups in total. The minimum absolute atomic E-state index is 0. The number of benzene rings is 3. The molecule has 0 aliphatic carbocycles. The predicted molar refractivity (Wildman–Crippen MR) is 125 cm³/mol. The van der Waals surface area contributed by atoms with Crippen LogP contribution >= 0.6 is 7.26 Å². The molecule has 148 valence electrons. The lowest BCUT2D eigenvalue weighted by atomic mass is 10.3. The zero-order chi connectivity index (χ0) is 19.3. The van der Waals surface area contributed by atoms with Gasteiger partial charge in [0, 0.05) is 8.07 Å². The lowest BCUT2D eigenvalue weighted by Crippen LogP contribution is -3.00. The van der Waals surface area contributed by atoms with E-state index in [2.05, 4.69) is 111 Å². The summed E-state index contributed by atoms with van der Waals surface area (Å²) in [7, 11) is -2.88. The molecule has 4 heteroatoms. The molecule has 0 amide bonds. The molecule has 28 heavy (non-hydrogen) atoms. The van der Waals surface area contributed by atoms with Gasteiger partial charge in [0.2, 0.25) is 0 Å². The van der Waals surface area contributed by atoms with Gasteiger partial charge in [-0.3, -0.25) is 0 Å². The van der Waals surface area contributed by atoms with Crippen LogP contribution in [0.5, 0.6) is 5.75 Å².